The van der Waals surface area contributed by atoms with Crippen LogP contribution in [0.1, 0.15) is 165 Å². The first-order chi connectivity index (χ1) is 18.1. The molecule has 2 unspecified atom stereocenters. The Morgan fingerprint density at radius 2 is 1.10 bits per heavy atom. The zero-order valence-electron chi connectivity index (χ0n) is 27.0. The van der Waals surface area contributed by atoms with E-state index in [9.17, 15) is 20.1 Å². The second-order valence-electron chi connectivity index (χ2n) is 14.7. The van der Waals surface area contributed by atoms with Gasteiger partial charge < -0.3 is 15.3 Å². The summed E-state index contributed by atoms with van der Waals surface area (Å²) in [4.78, 5) is 12.6. The lowest BCUT2D eigenvalue weighted by Gasteiger charge is -2.47. The first-order valence-corrected chi connectivity index (χ1v) is 16.2. The maximum Gasteiger partial charge on any atom is 0.313 e. The van der Waals surface area contributed by atoms with Crippen molar-refractivity contribution in [1.82, 2.24) is 0 Å². The molecule has 0 radical (unpaired) electrons. The highest BCUT2D eigenvalue weighted by molar-refractivity contribution is 5.79. The maximum absolute atomic E-state index is 12.6. The normalized spacial score (nSPS) is 19.4. The number of unbranched alkanes of at least 4 members (excludes halogenated alkanes) is 15. The first-order valence-electron chi connectivity index (χ1n) is 16.2. The molecule has 0 fully saturated rings. The van der Waals surface area contributed by atoms with Crippen LogP contribution in [-0.4, -0.2) is 27.1 Å². The Balaban J connectivity index is 2.52. The highest BCUT2D eigenvalue weighted by Crippen LogP contribution is 2.50. The Bertz CT molecular complexity index is 777. The Morgan fingerprint density at radius 3 is 1.44 bits per heavy atom. The van der Waals surface area contributed by atoms with Gasteiger partial charge in [0.1, 0.15) is 0 Å². The minimum Gasteiger partial charge on any atom is -0.481 e. The van der Waals surface area contributed by atoms with Crippen molar-refractivity contribution < 1.29 is 20.1 Å². The van der Waals surface area contributed by atoms with Crippen molar-refractivity contribution in [3.05, 3.63) is 23.3 Å². The minimum absolute atomic E-state index is 0.437. The van der Waals surface area contributed by atoms with Crippen molar-refractivity contribution in [3.8, 4) is 0 Å². The molecule has 0 amide bonds. The fourth-order valence-electron chi connectivity index (χ4n) is 6.14. The van der Waals surface area contributed by atoms with Crippen LogP contribution in [0.2, 0.25) is 0 Å². The van der Waals surface area contributed by atoms with Gasteiger partial charge in [-0.15, -0.1) is 0 Å². The summed E-state index contributed by atoms with van der Waals surface area (Å²) in [6.45, 7) is 15.9. The maximum atomic E-state index is 12.6. The number of carboxylic acids is 1. The van der Waals surface area contributed by atoms with Crippen molar-refractivity contribution in [2.75, 3.05) is 0 Å². The molecule has 0 saturated heterocycles. The van der Waals surface area contributed by atoms with Crippen LogP contribution in [0.4, 0.5) is 0 Å². The molecule has 4 heteroatoms. The Labute approximate surface area is 241 Å². The van der Waals surface area contributed by atoms with E-state index < -0.39 is 33.9 Å². The number of hydrogen-bond acceptors (Lipinski definition) is 3. The van der Waals surface area contributed by atoms with Crippen molar-refractivity contribution in [3.63, 3.8) is 0 Å². The second-order valence-corrected chi connectivity index (χ2v) is 14.7. The number of rotatable bonds is 19. The molecular weight excluding hydrogens is 484 g/mol. The zero-order chi connectivity index (χ0) is 29.7. The van der Waals surface area contributed by atoms with Crippen LogP contribution in [-0.2, 0) is 4.79 Å². The highest BCUT2D eigenvalue weighted by Gasteiger charge is 2.51. The van der Waals surface area contributed by atoms with Crippen LogP contribution >= 0.6 is 0 Å². The molecule has 0 spiro atoms. The third-order valence-electron chi connectivity index (χ3n) is 8.86. The molecule has 0 saturated carbocycles. The number of allylic oxidation sites excluding steroid dienone is 1. The quantitative estimate of drug-likeness (QED) is 0.111. The smallest absolute Gasteiger partial charge is 0.313 e. The van der Waals surface area contributed by atoms with Crippen LogP contribution in [0, 0.1) is 22.2 Å². The van der Waals surface area contributed by atoms with E-state index in [0.29, 0.717) is 17.6 Å². The van der Waals surface area contributed by atoms with Gasteiger partial charge in [-0.25, -0.2) is 0 Å². The van der Waals surface area contributed by atoms with Crippen molar-refractivity contribution in [1.29, 1.82) is 0 Å². The Morgan fingerprint density at radius 1 is 0.718 bits per heavy atom. The average molecular weight is 549 g/mol. The molecule has 0 bridgehead atoms. The summed E-state index contributed by atoms with van der Waals surface area (Å²) in [5, 5.41) is 32.7. The van der Waals surface area contributed by atoms with E-state index in [-0.39, 0.29) is 0 Å². The van der Waals surface area contributed by atoms with Crippen molar-refractivity contribution >= 4 is 5.97 Å². The molecule has 228 valence electrons. The molecule has 0 heterocycles. The third kappa shape index (κ3) is 11.7. The lowest BCUT2D eigenvalue weighted by atomic mass is 9.62. The minimum atomic E-state index is -2.01. The van der Waals surface area contributed by atoms with E-state index >= 15 is 0 Å². The van der Waals surface area contributed by atoms with Gasteiger partial charge in [0.25, 0.3) is 0 Å². The van der Waals surface area contributed by atoms with E-state index in [1.165, 1.54) is 83.5 Å². The molecule has 0 aromatic rings. The predicted octanol–water partition coefficient (Wildman–Crippen LogP) is 9.98. The predicted molar refractivity (Wildman–Crippen MR) is 166 cm³/mol. The molecule has 1 rings (SSSR count). The molecule has 4 nitrogen and oxygen atoms in total. The standard InChI is InChI=1S/C35H64O4/c1-9-10-11-12-13-14-15-16-17-18-19-20-21-22-23-24-25-34(8,31(36)37)28-26-29(32(2,3)4)35(38,39)30(27-28)33(5,6)7/h26-27,29,38-39H,9-25H2,1-8H3,(H,36,37). The van der Waals surface area contributed by atoms with Gasteiger partial charge in [0.05, 0.1) is 5.41 Å². The number of carbonyl (C=O) groups is 1. The van der Waals surface area contributed by atoms with E-state index in [2.05, 4.69) is 6.92 Å². The third-order valence-corrected chi connectivity index (χ3v) is 8.86. The van der Waals surface area contributed by atoms with Gasteiger partial charge in [-0.3, -0.25) is 4.79 Å². The van der Waals surface area contributed by atoms with Crippen LogP contribution in [0.5, 0.6) is 0 Å². The van der Waals surface area contributed by atoms with E-state index in [4.69, 9.17) is 0 Å². The summed E-state index contributed by atoms with van der Waals surface area (Å²) < 4.78 is 0. The fraction of sp³-hybridized carbons (Fsp3) is 0.857. The van der Waals surface area contributed by atoms with Crippen LogP contribution in [0.25, 0.3) is 0 Å². The van der Waals surface area contributed by atoms with Gasteiger partial charge in [-0.05, 0) is 35.3 Å². The Hall–Kier alpha value is -1.13. The van der Waals surface area contributed by atoms with Gasteiger partial charge >= 0.3 is 5.97 Å². The van der Waals surface area contributed by atoms with E-state index in [1.54, 1.807) is 6.08 Å². The molecule has 0 aromatic carbocycles. The number of carboxylic acid groups (broad SMARTS) is 1. The number of hydrogen-bond donors (Lipinski definition) is 3. The van der Waals surface area contributed by atoms with Gasteiger partial charge in [-0.2, -0.15) is 0 Å². The van der Waals surface area contributed by atoms with Gasteiger partial charge in [0, 0.05) is 5.92 Å². The fourth-order valence-corrected chi connectivity index (χ4v) is 6.14. The summed E-state index contributed by atoms with van der Waals surface area (Å²) in [7, 11) is 0. The molecular formula is C35H64O4. The highest BCUT2D eigenvalue weighted by atomic mass is 16.5. The summed E-state index contributed by atoms with van der Waals surface area (Å²) >= 11 is 0. The average Bonchev–Trinajstić information content (AvgIpc) is 2.81. The SMILES string of the molecule is CCCCCCCCCCCCCCCCCCC(C)(C(=O)O)C1=CC(C(C)(C)C)C(O)(O)C(C(C)(C)C)=C1. The second kappa shape index (κ2) is 16.3. The first kappa shape index (κ1) is 35.9. The lowest BCUT2D eigenvalue weighted by Crippen LogP contribution is -2.50. The largest absolute Gasteiger partial charge is 0.481 e. The monoisotopic (exact) mass is 548 g/mol. The lowest BCUT2D eigenvalue weighted by molar-refractivity contribution is -0.189. The van der Waals surface area contributed by atoms with Crippen LogP contribution in [0.15, 0.2) is 23.3 Å². The molecule has 1 aliphatic carbocycles. The zero-order valence-corrected chi connectivity index (χ0v) is 27.0. The molecule has 39 heavy (non-hydrogen) atoms. The summed E-state index contributed by atoms with van der Waals surface area (Å²) in [6.07, 6.45) is 24.8. The molecule has 0 aromatic heterocycles. The van der Waals surface area contributed by atoms with Crippen molar-refractivity contribution in [2.24, 2.45) is 22.2 Å². The van der Waals surface area contributed by atoms with Gasteiger partial charge in [-0.1, -0.05) is 163 Å². The van der Waals surface area contributed by atoms with Gasteiger partial charge in [0.15, 0.2) is 5.79 Å². The molecule has 2 atom stereocenters. The molecule has 0 aliphatic heterocycles. The van der Waals surface area contributed by atoms with Crippen LogP contribution < -0.4 is 0 Å². The number of aliphatic hydroxyl groups is 2. The van der Waals surface area contributed by atoms with Crippen molar-refractivity contribution in [2.45, 2.75) is 170 Å². The Kier molecular flexibility index (Phi) is 15.0. The van der Waals surface area contributed by atoms with E-state index in [0.717, 1.165) is 19.3 Å². The van der Waals surface area contributed by atoms with Gasteiger partial charge in [0.2, 0.25) is 0 Å². The summed E-state index contributed by atoms with van der Waals surface area (Å²) in [6, 6.07) is 0. The summed E-state index contributed by atoms with van der Waals surface area (Å²) in [5.74, 6) is -3.44. The molecule has 3 N–H and O–H groups in total. The molecule has 1 aliphatic rings. The number of aliphatic carboxylic acids is 1. The van der Waals surface area contributed by atoms with E-state index in [1.807, 2.05) is 54.5 Å². The topological polar surface area (TPSA) is 77.8 Å². The van der Waals surface area contributed by atoms with Crippen LogP contribution in [0.3, 0.4) is 0 Å². The summed E-state index contributed by atoms with van der Waals surface area (Å²) in [5.41, 5.74) is -0.786.